The Morgan fingerprint density at radius 1 is 0.900 bits per heavy atom. The van der Waals surface area contributed by atoms with E-state index in [1.165, 1.54) is 18.6 Å². The Hall–Kier alpha value is -2.33. The summed E-state index contributed by atoms with van der Waals surface area (Å²) in [6, 6.07) is 9.96. The molecule has 0 fully saturated rings. The van der Waals surface area contributed by atoms with Crippen LogP contribution >= 0.6 is 11.6 Å². The van der Waals surface area contributed by atoms with Gasteiger partial charge in [0.2, 0.25) is 0 Å². The molecule has 0 atom stereocenters. The van der Waals surface area contributed by atoms with E-state index in [0.29, 0.717) is 27.5 Å². The molecule has 1 aromatic carbocycles. The zero-order chi connectivity index (χ0) is 13.9. The molecule has 0 radical (unpaired) electrons. The maximum absolute atomic E-state index is 13.9. The number of halogens is 2. The number of aromatic nitrogens is 3. The molecule has 0 saturated heterocycles. The van der Waals surface area contributed by atoms with Crippen LogP contribution in [0.3, 0.4) is 0 Å². The molecule has 0 unspecified atom stereocenters. The van der Waals surface area contributed by atoms with Crippen LogP contribution in [-0.2, 0) is 0 Å². The lowest BCUT2D eigenvalue weighted by atomic mass is 10.0. The number of nitrogens with zero attached hydrogens (tertiary/aromatic N) is 3. The van der Waals surface area contributed by atoms with E-state index in [4.69, 9.17) is 11.6 Å². The molecule has 3 rings (SSSR count). The molecule has 0 N–H and O–H groups in total. The van der Waals surface area contributed by atoms with Crippen LogP contribution in [0.5, 0.6) is 0 Å². The topological polar surface area (TPSA) is 38.7 Å². The molecule has 0 saturated carbocycles. The molecule has 0 spiro atoms. The van der Waals surface area contributed by atoms with Crippen molar-refractivity contribution in [2.45, 2.75) is 0 Å². The van der Waals surface area contributed by atoms with Crippen molar-refractivity contribution in [3.05, 3.63) is 66.0 Å². The van der Waals surface area contributed by atoms with E-state index < -0.39 is 0 Å². The number of pyridine rings is 1. The molecule has 98 valence electrons. The lowest BCUT2D eigenvalue weighted by Crippen LogP contribution is -1.94. The van der Waals surface area contributed by atoms with Gasteiger partial charge in [-0.15, -0.1) is 0 Å². The Kier molecular flexibility index (Phi) is 3.39. The SMILES string of the molecule is Fc1ccccc1-c1ncncc1-c1ccc(Cl)cn1. The zero-order valence-corrected chi connectivity index (χ0v) is 11.0. The van der Waals surface area contributed by atoms with Crippen molar-refractivity contribution in [1.82, 2.24) is 15.0 Å². The highest BCUT2D eigenvalue weighted by atomic mass is 35.5. The molecule has 0 aliphatic heterocycles. The van der Waals surface area contributed by atoms with Gasteiger partial charge in [0.1, 0.15) is 12.1 Å². The van der Waals surface area contributed by atoms with Crippen molar-refractivity contribution in [3.8, 4) is 22.5 Å². The largest absolute Gasteiger partial charge is 0.255 e. The Morgan fingerprint density at radius 2 is 1.75 bits per heavy atom. The third kappa shape index (κ3) is 2.38. The lowest BCUT2D eigenvalue weighted by molar-refractivity contribution is 0.630. The van der Waals surface area contributed by atoms with Gasteiger partial charge in [-0.05, 0) is 24.3 Å². The van der Waals surface area contributed by atoms with Crippen LogP contribution in [0.1, 0.15) is 0 Å². The van der Waals surface area contributed by atoms with Crippen molar-refractivity contribution >= 4 is 11.6 Å². The average Bonchev–Trinajstić information content (AvgIpc) is 2.49. The van der Waals surface area contributed by atoms with Crippen LogP contribution in [0.15, 0.2) is 55.1 Å². The summed E-state index contributed by atoms with van der Waals surface area (Å²) in [6.07, 6.45) is 4.54. The van der Waals surface area contributed by atoms with Gasteiger partial charge in [0.05, 0.1) is 16.4 Å². The predicted octanol–water partition coefficient (Wildman–Crippen LogP) is 4.00. The van der Waals surface area contributed by atoms with Crippen LogP contribution in [0.4, 0.5) is 4.39 Å². The van der Waals surface area contributed by atoms with Crippen molar-refractivity contribution < 1.29 is 4.39 Å². The standard InChI is InChI=1S/C15H9ClFN3/c16-10-5-6-14(19-7-10)12-8-18-9-20-15(12)11-3-1-2-4-13(11)17/h1-9H. The van der Waals surface area contributed by atoms with Crippen LogP contribution in [0, 0.1) is 5.82 Å². The van der Waals surface area contributed by atoms with Gasteiger partial charge in [-0.3, -0.25) is 4.98 Å². The van der Waals surface area contributed by atoms with Crippen LogP contribution in [0.2, 0.25) is 5.02 Å². The third-order valence-electron chi connectivity index (χ3n) is 2.84. The summed E-state index contributed by atoms with van der Waals surface area (Å²) in [5.74, 6) is -0.332. The highest BCUT2D eigenvalue weighted by Crippen LogP contribution is 2.30. The minimum atomic E-state index is -0.332. The first-order valence-electron chi connectivity index (χ1n) is 5.92. The molecule has 2 heterocycles. The molecule has 0 bridgehead atoms. The molecular formula is C15H9ClFN3. The highest BCUT2D eigenvalue weighted by Gasteiger charge is 2.13. The number of rotatable bonds is 2. The van der Waals surface area contributed by atoms with E-state index in [1.54, 1.807) is 36.5 Å². The lowest BCUT2D eigenvalue weighted by Gasteiger charge is -2.08. The van der Waals surface area contributed by atoms with Gasteiger partial charge in [0.25, 0.3) is 0 Å². The van der Waals surface area contributed by atoms with Crippen molar-refractivity contribution in [1.29, 1.82) is 0 Å². The predicted molar refractivity (Wildman–Crippen MR) is 75.7 cm³/mol. The van der Waals surface area contributed by atoms with Gasteiger partial charge in [-0.1, -0.05) is 23.7 Å². The summed E-state index contributed by atoms with van der Waals surface area (Å²) >= 11 is 5.83. The van der Waals surface area contributed by atoms with Crippen LogP contribution in [0.25, 0.3) is 22.5 Å². The summed E-state index contributed by atoms with van der Waals surface area (Å²) in [5.41, 5.74) is 2.23. The first-order valence-corrected chi connectivity index (χ1v) is 6.30. The van der Waals surface area contributed by atoms with E-state index in [1.807, 2.05) is 0 Å². The number of benzene rings is 1. The molecule has 0 amide bonds. The molecule has 3 nitrogen and oxygen atoms in total. The highest BCUT2D eigenvalue weighted by molar-refractivity contribution is 6.30. The summed E-state index contributed by atoms with van der Waals surface area (Å²) in [6.45, 7) is 0. The van der Waals surface area contributed by atoms with Gasteiger partial charge in [0, 0.05) is 23.5 Å². The van der Waals surface area contributed by atoms with E-state index in [2.05, 4.69) is 15.0 Å². The second-order valence-corrected chi connectivity index (χ2v) is 4.56. The van der Waals surface area contributed by atoms with E-state index in [0.717, 1.165) is 0 Å². The van der Waals surface area contributed by atoms with E-state index in [9.17, 15) is 4.39 Å². The van der Waals surface area contributed by atoms with Gasteiger partial charge < -0.3 is 0 Å². The van der Waals surface area contributed by atoms with Gasteiger partial charge >= 0.3 is 0 Å². The van der Waals surface area contributed by atoms with Crippen LogP contribution < -0.4 is 0 Å². The molecule has 0 aliphatic carbocycles. The van der Waals surface area contributed by atoms with Crippen LogP contribution in [-0.4, -0.2) is 15.0 Å². The fourth-order valence-corrected chi connectivity index (χ4v) is 2.03. The monoisotopic (exact) mass is 285 g/mol. The zero-order valence-electron chi connectivity index (χ0n) is 10.3. The average molecular weight is 286 g/mol. The quantitative estimate of drug-likeness (QED) is 0.714. The van der Waals surface area contributed by atoms with Gasteiger partial charge in [-0.2, -0.15) is 0 Å². The first-order chi connectivity index (χ1) is 9.75. The fourth-order valence-electron chi connectivity index (χ4n) is 1.92. The summed E-state index contributed by atoms with van der Waals surface area (Å²) in [7, 11) is 0. The second-order valence-electron chi connectivity index (χ2n) is 4.13. The summed E-state index contributed by atoms with van der Waals surface area (Å²) < 4.78 is 13.9. The molecule has 5 heteroatoms. The molecule has 20 heavy (non-hydrogen) atoms. The van der Waals surface area contributed by atoms with E-state index in [-0.39, 0.29) is 5.82 Å². The minimum absolute atomic E-state index is 0.332. The van der Waals surface area contributed by atoms with Crippen molar-refractivity contribution in [2.75, 3.05) is 0 Å². The maximum atomic E-state index is 13.9. The number of hydrogen-bond acceptors (Lipinski definition) is 3. The first kappa shape index (κ1) is 12.7. The normalized spacial score (nSPS) is 10.5. The fraction of sp³-hybridized carbons (Fsp3) is 0. The third-order valence-corrected chi connectivity index (χ3v) is 3.07. The Morgan fingerprint density at radius 3 is 2.50 bits per heavy atom. The maximum Gasteiger partial charge on any atom is 0.132 e. The Labute approximate surface area is 120 Å². The van der Waals surface area contributed by atoms with Crippen molar-refractivity contribution in [3.63, 3.8) is 0 Å². The Bertz CT molecular complexity index is 744. The minimum Gasteiger partial charge on any atom is -0.255 e. The van der Waals surface area contributed by atoms with E-state index >= 15 is 0 Å². The summed E-state index contributed by atoms with van der Waals surface area (Å²) in [4.78, 5) is 12.4. The second kappa shape index (κ2) is 5.35. The molecule has 3 aromatic rings. The molecule has 0 aliphatic rings. The molecule has 2 aromatic heterocycles. The van der Waals surface area contributed by atoms with Gasteiger partial charge in [-0.25, -0.2) is 14.4 Å². The Balaban J connectivity index is 2.19. The van der Waals surface area contributed by atoms with Gasteiger partial charge in [0.15, 0.2) is 0 Å². The van der Waals surface area contributed by atoms with Crippen molar-refractivity contribution in [2.24, 2.45) is 0 Å². The summed E-state index contributed by atoms with van der Waals surface area (Å²) in [5, 5.41) is 0.540. The number of hydrogen-bond donors (Lipinski definition) is 0. The molecular weight excluding hydrogens is 277 g/mol. The smallest absolute Gasteiger partial charge is 0.132 e.